The van der Waals surface area contributed by atoms with E-state index in [4.69, 9.17) is 21.1 Å². The average Bonchev–Trinajstić information content (AvgIpc) is 2.90. The van der Waals surface area contributed by atoms with Gasteiger partial charge in [0, 0.05) is 32.7 Å². The number of halogens is 2. The maximum Gasteiger partial charge on any atom is 0.129 e. The van der Waals surface area contributed by atoms with Crippen LogP contribution in [0.15, 0.2) is 24.3 Å². The third-order valence-corrected chi connectivity index (χ3v) is 4.13. The molecule has 0 bridgehead atoms. The Morgan fingerprint density at radius 2 is 1.86 bits per heavy atom. The van der Waals surface area contributed by atoms with Gasteiger partial charge in [0.2, 0.25) is 0 Å². The largest absolute Gasteiger partial charge is 0.377 e. The van der Waals surface area contributed by atoms with E-state index in [1.54, 1.807) is 14.2 Å². The SMILES string of the molecule is CO[C@H]1CN(c2ccc3cc(F)cc(Cl)c3n2)C[C@H]1OC. The van der Waals surface area contributed by atoms with Crippen LogP contribution in [0.1, 0.15) is 0 Å². The van der Waals surface area contributed by atoms with Crippen molar-refractivity contribution in [2.24, 2.45) is 0 Å². The Morgan fingerprint density at radius 1 is 1.19 bits per heavy atom. The molecule has 1 aliphatic rings. The molecule has 0 N–H and O–H groups in total. The minimum atomic E-state index is -0.359. The predicted molar refractivity (Wildman–Crippen MR) is 80.5 cm³/mol. The maximum atomic E-state index is 13.3. The van der Waals surface area contributed by atoms with Gasteiger partial charge in [0.1, 0.15) is 23.8 Å². The van der Waals surface area contributed by atoms with E-state index in [0.29, 0.717) is 29.0 Å². The number of aromatic nitrogens is 1. The molecule has 2 heterocycles. The summed E-state index contributed by atoms with van der Waals surface area (Å²) in [6.45, 7) is 1.40. The topological polar surface area (TPSA) is 34.6 Å². The van der Waals surface area contributed by atoms with E-state index < -0.39 is 0 Å². The molecule has 1 aromatic carbocycles. The van der Waals surface area contributed by atoms with Gasteiger partial charge >= 0.3 is 0 Å². The zero-order valence-corrected chi connectivity index (χ0v) is 12.6. The van der Waals surface area contributed by atoms with E-state index in [-0.39, 0.29) is 18.0 Å². The van der Waals surface area contributed by atoms with Gasteiger partial charge in [-0.05, 0) is 24.3 Å². The number of ether oxygens (including phenoxy) is 2. The van der Waals surface area contributed by atoms with E-state index in [2.05, 4.69) is 9.88 Å². The molecule has 0 amide bonds. The minimum Gasteiger partial charge on any atom is -0.377 e. The van der Waals surface area contributed by atoms with Gasteiger partial charge in [-0.15, -0.1) is 0 Å². The molecule has 0 radical (unpaired) electrons. The lowest BCUT2D eigenvalue weighted by atomic mass is 10.2. The fourth-order valence-corrected chi connectivity index (χ4v) is 2.96. The molecule has 6 heteroatoms. The Balaban J connectivity index is 1.95. The maximum absolute atomic E-state index is 13.3. The number of hydrogen-bond acceptors (Lipinski definition) is 4. The average molecular weight is 311 g/mol. The number of fused-ring (bicyclic) bond motifs is 1. The van der Waals surface area contributed by atoms with E-state index in [0.717, 1.165) is 5.82 Å². The van der Waals surface area contributed by atoms with Crippen molar-refractivity contribution in [1.29, 1.82) is 0 Å². The normalized spacial score (nSPS) is 22.2. The molecule has 21 heavy (non-hydrogen) atoms. The zero-order valence-electron chi connectivity index (χ0n) is 11.8. The number of nitrogens with zero attached hydrogens (tertiary/aromatic N) is 2. The van der Waals surface area contributed by atoms with Crippen molar-refractivity contribution in [2.75, 3.05) is 32.2 Å². The number of pyridine rings is 1. The summed E-state index contributed by atoms with van der Waals surface area (Å²) in [5, 5.41) is 1.01. The molecule has 2 atom stereocenters. The number of rotatable bonds is 3. The molecule has 0 aliphatic carbocycles. The van der Waals surface area contributed by atoms with E-state index in [9.17, 15) is 4.39 Å². The minimum absolute atomic E-state index is 0.0104. The van der Waals surface area contributed by atoms with Gasteiger partial charge in [0.15, 0.2) is 0 Å². The molecule has 2 aromatic rings. The standard InChI is InChI=1S/C15H16ClFN2O2/c1-20-12-7-19(8-13(12)21-2)14-4-3-9-5-10(17)6-11(16)15(9)18-14/h3-6,12-13H,7-8H2,1-2H3/t12-,13+. The second kappa shape index (κ2) is 5.75. The van der Waals surface area contributed by atoms with Gasteiger partial charge in [0.05, 0.1) is 10.5 Å². The van der Waals surface area contributed by atoms with Crippen LogP contribution in [0.2, 0.25) is 5.02 Å². The van der Waals surface area contributed by atoms with Crippen LogP contribution in [0.25, 0.3) is 10.9 Å². The fourth-order valence-electron chi connectivity index (χ4n) is 2.71. The third kappa shape index (κ3) is 2.69. The first-order valence-corrected chi connectivity index (χ1v) is 7.06. The number of methoxy groups -OCH3 is 2. The van der Waals surface area contributed by atoms with Gasteiger partial charge in [-0.2, -0.15) is 0 Å². The monoisotopic (exact) mass is 310 g/mol. The quantitative estimate of drug-likeness (QED) is 0.873. The van der Waals surface area contributed by atoms with E-state index in [1.165, 1.54) is 12.1 Å². The van der Waals surface area contributed by atoms with Crippen molar-refractivity contribution < 1.29 is 13.9 Å². The first-order valence-electron chi connectivity index (χ1n) is 6.68. The Bertz CT molecular complexity index is 655. The van der Waals surface area contributed by atoms with Crippen molar-refractivity contribution in [3.05, 3.63) is 35.1 Å². The first kappa shape index (κ1) is 14.5. The Hall–Kier alpha value is -1.43. The van der Waals surface area contributed by atoms with Gasteiger partial charge in [0.25, 0.3) is 0 Å². The molecular weight excluding hydrogens is 295 g/mol. The van der Waals surface area contributed by atoms with Crippen molar-refractivity contribution in [3.8, 4) is 0 Å². The van der Waals surface area contributed by atoms with E-state index in [1.807, 2.05) is 12.1 Å². The lowest BCUT2D eigenvalue weighted by Crippen LogP contribution is -2.27. The highest BCUT2D eigenvalue weighted by molar-refractivity contribution is 6.35. The summed E-state index contributed by atoms with van der Waals surface area (Å²) < 4.78 is 24.2. The van der Waals surface area contributed by atoms with Gasteiger partial charge in [-0.25, -0.2) is 9.37 Å². The fraction of sp³-hybridized carbons (Fsp3) is 0.400. The summed E-state index contributed by atoms with van der Waals surface area (Å²) in [6, 6.07) is 6.40. The highest BCUT2D eigenvalue weighted by Gasteiger charge is 2.33. The summed E-state index contributed by atoms with van der Waals surface area (Å²) in [7, 11) is 3.35. The molecule has 4 nitrogen and oxygen atoms in total. The summed E-state index contributed by atoms with van der Waals surface area (Å²) in [6.07, 6.45) is 0.0207. The summed E-state index contributed by atoms with van der Waals surface area (Å²) in [4.78, 5) is 6.64. The highest BCUT2D eigenvalue weighted by atomic mass is 35.5. The zero-order chi connectivity index (χ0) is 15.0. The number of benzene rings is 1. The van der Waals surface area contributed by atoms with Crippen LogP contribution in [0.3, 0.4) is 0 Å². The molecule has 1 fully saturated rings. The summed E-state index contributed by atoms with van der Waals surface area (Å²) in [5.41, 5.74) is 0.602. The molecule has 1 aliphatic heterocycles. The molecule has 1 aromatic heterocycles. The lowest BCUT2D eigenvalue weighted by molar-refractivity contribution is -0.00461. The second-order valence-electron chi connectivity index (χ2n) is 5.08. The molecule has 112 valence electrons. The molecule has 0 saturated carbocycles. The second-order valence-corrected chi connectivity index (χ2v) is 5.49. The van der Waals surface area contributed by atoms with E-state index >= 15 is 0 Å². The molecule has 3 rings (SSSR count). The van der Waals surface area contributed by atoms with Crippen LogP contribution in [-0.4, -0.2) is 44.5 Å². The highest BCUT2D eigenvalue weighted by Crippen LogP contribution is 2.28. The van der Waals surface area contributed by atoms with Gasteiger partial charge in [-0.1, -0.05) is 11.6 Å². The first-order chi connectivity index (χ1) is 10.1. The lowest BCUT2D eigenvalue weighted by Gasteiger charge is -2.17. The molecular formula is C15H16ClFN2O2. The van der Waals surface area contributed by atoms with Gasteiger partial charge in [-0.3, -0.25) is 0 Å². The summed E-state index contributed by atoms with van der Waals surface area (Å²) >= 11 is 6.08. The predicted octanol–water partition coefficient (Wildman–Crippen LogP) is 2.88. The van der Waals surface area contributed by atoms with Crippen molar-refractivity contribution in [1.82, 2.24) is 4.98 Å². The molecule has 1 saturated heterocycles. The van der Waals surface area contributed by atoms with Crippen LogP contribution in [0.4, 0.5) is 10.2 Å². The molecule has 0 spiro atoms. The van der Waals surface area contributed by atoms with Gasteiger partial charge < -0.3 is 14.4 Å². The van der Waals surface area contributed by atoms with Crippen molar-refractivity contribution in [3.63, 3.8) is 0 Å². The Morgan fingerprint density at radius 3 is 2.48 bits per heavy atom. The van der Waals surface area contributed by atoms with Crippen LogP contribution in [0, 0.1) is 5.82 Å². The number of hydrogen-bond donors (Lipinski definition) is 0. The molecule has 0 unspecified atom stereocenters. The third-order valence-electron chi connectivity index (χ3n) is 3.84. The smallest absolute Gasteiger partial charge is 0.129 e. The van der Waals surface area contributed by atoms with Crippen molar-refractivity contribution in [2.45, 2.75) is 12.2 Å². The van der Waals surface area contributed by atoms with Crippen molar-refractivity contribution >= 4 is 28.3 Å². The van der Waals surface area contributed by atoms with Crippen LogP contribution in [-0.2, 0) is 9.47 Å². The Labute approximate surface area is 127 Å². The summed E-state index contributed by atoms with van der Waals surface area (Å²) in [5.74, 6) is 0.430. The van der Waals surface area contributed by atoms with Crippen LogP contribution < -0.4 is 4.90 Å². The number of anilines is 1. The Kier molecular flexibility index (Phi) is 3.97. The van der Waals surface area contributed by atoms with Crippen LogP contribution >= 0.6 is 11.6 Å². The van der Waals surface area contributed by atoms with Crippen LogP contribution in [0.5, 0.6) is 0 Å².